The van der Waals surface area contributed by atoms with Crippen LogP contribution in [0, 0.1) is 5.92 Å². The van der Waals surface area contributed by atoms with Crippen molar-refractivity contribution in [2.24, 2.45) is 5.92 Å². The molecule has 8 heteroatoms. The molecule has 0 aromatic heterocycles. The van der Waals surface area contributed by atoms with Crippen molar-refractivity contribution in [3.05, 3.63) is 11.1 Å². The van der Waals surface area contributed by atoms with Gasteiger partial charge in [0.05, 0.1) is 13.7 Å². The fourth-order valence-electron chi connectivity index (χ4n) is 2.12. The van der Waals surface area contributed by atoms with E-state index in [1.54, 1.807) is 6.20 Å². The molecule has 19 heavy (non-hydrogen) atoms. The number of carbonyl (C=O) groups is 2. The van der Waals surface area contributed by atoms with Crippen LogP contribution in [0.1, 0.15) is 12.8 Å². The van der Waals surface area contributed by atoms with Crippen molar-refractivity contribution in [1.29, 1.82) is 0 Å². The Bertz CT molecular complexity index is 422. The van der Waals surface area contributed by atoms with Gasteiger partial charge in [-0.3, -0.25) is 4.79 Å². The Kier molecular flexibility index (Phi) is 3.71. The average Bonchev–Trinajstić information content (AvgIpc) is 2.77. The average molecular weight is 292 g/mol. The van der Waals surface area contributed by atoms with E-state index in [0.29, 0.717) is 11.3 Å². The van der Waals surface area contributed by atoms with Gasteiger partial charge in [-0.15, -0.1) is 0 Å². The van der Waals surface area contributed by atoms with Gasteiger partial charge in [0.25, 0.3) is 0 Å². The Balaban J connectivity index is 2.02. The zero-order chi connectivity index (χ0) is 14.1. The van der Waals surface area contributed by atoms with Crippen LogP contribution in [0.3, 0.4) is 0 Å². The number of carbonyl (C=O) groups excluding carboxylic acids is 2. The van der Waals surface area contributed by atoms with E-state index in [1.807, 2.05) is 0 Å². The summed E-state index contributed by atoms with van der Waals surface area (Å²) in [6.45, 7) is 0.0248. The van der Waals surface area contributed by atoms with Gasteiger partial charge in [0.15, 0.2) is 0 Å². The maximum Gasteiger partial charge on any atom is 0.344 e. The van der Waals surface area contributed by atoms with Crippen molar-refractivity contribution < 1.29 is 23.1 Å². The maximum absolute atomic E-state index is 12.9. The lowest BCUT2D eigenvalue weighted by atomic mass is 9.81. The van der Waals surface area contributed by atoms with E-state index >= 15 is 0 Å². The van der Waals surface area contributed by atoms with E-state index in [-0.39, 0.29) is 25.3 Å². The number of ether oxygens (including phenoxy) is 1. The standard InChI is InChI=1S/C11H14F2N2O3S/c1-18-9(17)11(5-14-6-16)15-4-8(19-11)7-2-10(12,13)3-7/h4,6-7,15H,2-3,5H2,1H3,(H,14,16). The van der Waals surface area contributed by atoms with Crippen LogP contribution < -0.4 is 10.6 Å². The quantitative estimate of drug-likeness (QED) is 0.580. The lowest BCUT2D eigenvalue weighted by Gasteiger charge is -2.36. The highest BCUT2D eigenvalue weighted by atomic mass is 32.2. The van der Waals surface area contributed by atoms with Crippen LogP contribution in [0.25, 0.3) is 0 Å². The second-order valence-electron chi connectivity index (χ2n) is 4.57. The minimum Gasteiger partial charge on any atom is -0.467 e. The topological polar surface area (TPSA) is 67.4 Å². The summed E-state index contributed by atoms with van der Waals surface area (Å²) in [4.78, 5) is 21.7. The smallest absolute Gasteiger partial charge is 0.344 e. The number of nitrogens with one attached hydrogen (secondary N) is 2. The van der Waals surface area contributed by atoms with E-state index in [4.69, 9.17) is 4.74 Å². The van der Waals surface area contributed by atoms with Gasteiger partial charge in [0, 0.05) is 29.9 Å². The molecule has 2 aliphatic rings. The van der Waals surface area contributed by atoms with Gasteiger partial charge < -0.3 is 15.4 Å². The van der Waals surface area contributed by atoms with Crippen LogP contribution in [0.2, 0.25) is 0 Å². The molecule has 1 saturated carbocycles. The number of esters is 1. The fraction of sp³-hybridized carbons (Fsp3) is 0.636. The largest absolute Gasteiger partial charge is 0.467 e. The van der Waals surface area contributed by atoms with Crippen molar-refractivity contribution in [2.45, 2.75) is 23.6 Å². The van der Waals surface area contributed by atoms with E-state index in [2.05, 4.69) is 10.6 Å². The summed E-state index contributed by atoms with van der Waals surface area (Å²) in [7, 11) is 1.24. The number of hydrogen-bond donors (Lipinski definition) is 2. The zero-order valence-corrected chi connectivity index (χ0v) is 11.1. The molecule has 0 aromatic carbocycles. The number of alkyl halides is 2. The number of rotatable bonds is 5. The Hall–Kier alpha value is -1.31. The third kappa shape index (κ3) is 2.68. The molecule has 1 amide bonds. The minimum absolute atomic E-state index is 0.0248. The maximum atomic E-state index is 12.9. The van der Waals surface area contributed by atoms with Gasteiger partial charge in [-0.2, -0.15) is 0 Å². The molecule has 106 valence electrons. The molecular weight excluding hydrogens is 278 g/mol. The van der Waals surface area contributed by atoms with Gasteiger partial charge in [-0.05, 0) is 0 Å². The Morgan fingerprint density at radius 1 is 1.68 bits per heavy atom. The molecule has 1 aliphatic heterocycles. The summed E-state index contributed by atoms with van der Waals surface area (Å²) in [6, 6.07) is 0. The van der Waals surface area contributed by atoms with Gasteiger partial charge in [0.1, 0.15) is 0 Å². The minimum atomic E-state index is -2.61. The predicted molar refractivity (Wildman–Crippen MR) is 65.3 cm³/mol. The van der Waals surface area contributed by atoms with Crippen molar-refractivity contribution >= 4 is 24.1 Å². The molecule has 1 fully saturated rings. The molecule has 2 rings (SSSR count). The monoisotopic (exact) mass is 292 g/mol. The van der Waals surface area contributed by atoms with Crippen LogP contribution >= 0.6 is 11.8 Å². The first-order chi connectivity index (χ1) is 8.92. The normalized spacial score (nSPS) is 28.9. The molecule has 1 unspecified atom stereocenters. The molecule has 1 heterocycles. The van der Waals surface area contributed by atoms with Gasteiger partial charge in [-0.25, -0.2) is 13.6 Å². The SMILES string of the molecule is COC(=O)C1(CNC=O)NC=C(C2CC(F)(F)C2)S1. The fourth-order valence-corrected chi connectivity index (χ4v) is 3.42. The van der Waals surface area contributed by atoms with E-state index in [9.17, 15) is 18.4 Å². The summed E-state index contributed by atoms with van der Waals surface area (Å²) in [6.07, 6.45) is 1.63. The highest BCUT2D eigenvalue weighted by Gasteiger charge is 2.52. The van der Waals surface area contributed by atoms with Crippen LogP contribution in [0.15, 0.2) is 11.1 Å². The molecule has 0 bridgehead atoms. The number of methoxy groups -OCH3 is 1. The van der Waals surface area contributed by atoms with Crippen LogP contribution in [-0.2, 0) is 14.3 Å². The van der Waals surface area contributed by atoms with Crippen molar-refractivity contribution in [1.82, 2.24) is 10.6 Å². The summed E-state index contributed by atoms with van der Waals surface area (Å²) < 4.78 is 30.4. The number of amides is 1. The molecule has 0 radical (unpaired) electrons. The second-order valence-corrected chi connectivity index (χ2v) is 5.94. The van der Waals surface area contributed by atoms with Crippen molar-refractivity contribution in [2.75, 3.05) is 13.7 Å². The van der Waals surface area contributed by atoms with Gasteiger partial charge in [0.2, 0.25) is 17.2 Å². The molecule has 2 N–H and O–H groups in total. The lowest BCUT2D eigenvalue weighted by Crippen LogP contribution is -2.52. The summed E-state index contributed by atoms with van der Waals surface area (Å²) in [5, 5.41) is 5.25. The molecule has 1 atom stereocenters. The first-order valence-corrected chi connectivity index (χ1v) is 6.54. The predicted octanol–water partition coefficient (Wildman–Crippen LogP) is 0.825. The van der Waals surface area contributed by atoms with Crippen LogP contribution in [0.5, 0.6) is 0 Å². The van der Waals surface area contributed by atoms with Crippen molar-refractivity contribution in [3.8, 4) is 0 Å². The first kappa shape index (κ1) is 14.1. The highest BCUT2D eigenvalue weighted by Crippen LogP contribution is 2.52. The molecule has 0 aromatic rings. The van der Waals surface area contributed by atoms with E-state index in [1.165, 1.54) is 7.11 Å². The summed E-state index contributed by atoms with van der Waals surface area (Å²) >= 11 is 1.14. The molecule has 1 aliphatic carbocycles. The molecular formula is C11H14F2N2O3S. The lowest BCUT2D eigenvalue weighted by molar-refractivity contribution is -0.144. The Morgan fingerprint density at radius 3 is 2.89 bits per heavy atom. The number of halogens is 2. The van der Waals surface area contributed by atoms with Crippen LogP contribution in [0.4, 0.5) is 8.78 Å². The number of hydrogen-bond acceptors (Lipinski definition) is 5. The third-order valence-corrected chi connectivity index (χ3v) is 4.65. The third-order valence-electron chi connectivity index (χ3n) is 3.18. The summed E-state index contributed by atoms with van der Waals surface area (Å²) in [5.74, 6) is -3.40. The summed E-state index contributed by atoms with van der Waals surface area (Å²) in [5.41, 5.74) is 0. The van der Waals surface area contributed by atoms with Gasteiger partial charge >= 0.3 is 5.97 Å². The second kappa shape index (κ2) is 4.99. The highest BCUT2D eigenvalue weighted by molar-refractivity contribution is 8.05. The Morgan fingerprint density at radius 2 is 2.37 bits per heavy atom. The number of thioether (sulfide) groups is 1. The first-order valence-electron chi connectivity index (χ1n) is 5.72. The molecule has 0 spiro atoms. The molecule has 5 nitrogen and oxygen atoms in total. The van der Waals surface area contributed by atoms with Crippen molar-refractivity contribution in [3.63, 3.8) is 0 Å². The zero-order valence-electron chi connectivity index (χ0n) is 10.2. The van der Waals surface area contributed by atoms with E-state index in [0.717, 1.165) is 11.8 Å². The van der Waals surface area contributed by atoms with E-state index < -0.39 is 16.8 Å². The van der Waals surface area contributed by atoms with Crippen LogP contribution in [-0.4, -0.2) is 36.8 Å². The molecule has 0 saturated heterocycles. The van der Waals surface area contributed by atoms with Gasteiger partial charge in [-0.1, -0.05) is 11.8 Å². The Labute approximate surface area is 113 Å². The number of allylic oxidation sites excluding steroid dienone is 1.